The Hall–Kier alpha value is 1.72. The SMILES string of the molecule is O.O.O.O.O.O.O.[Na].[Na]. The molecule has 9 heavy (non-hydrogen) atoms. The van der Waals surface area contributed by atoms with Crippen molar-refractivity contribution in [3.8, 4) is 0 Å². The van der Waals surface area contributed by atoms with Crippen molar-refractivity contribution < 1.29 is 38.3 Å². The van der Waals surface area contributed by atoms with Gasteiger partial charge in [-0.25, -0.2) is 0 Å². The number of hydrogen-bond acceptors (Lipinski definition) is 0. The average molecular weight is 172 g/mol. The summed E-state index contributed by atoms with van der Waals surface area (Å²) in [6, 6.07) is 0. The first-order valence-electron chi connectivity index (χ1n) is 0. The first kappa shape index (κ1) is 342. The van der Waals surface area contributed by atoms with Crippen LogP contribution in [0, 0.1) is 0 Å². The molecular weight excluding hydrogens is 158 g/mol. The second kappa shape index (κ2) is 250. The molecule has 0 spiro atoms. The Morgan fingerprint density at radius 2 is 0.222 bits per heavy atom. The maximum Gasteiger partial charge on any atom is 0 e. The summed E-state index contributed by atoms with van der Waals surface area (Å²) in [4.78, 5) is 0. The monoisotopic (exact) mass is 172 g/mol. The molecule has 14 N–H and O–H groups in total. The van der Waals surface area contributed by atoms with Crippen molar-refractivity contribution in [3.05, 3.63) is 0 Å². The van der Waals surface area contributed by atoms with Crippen molar-refractivity contribution >= 4 is 59.1 Å². The fraction of sp³-hybridized carbons (Fsp3) is 0. The van der Waals surface area contributed by atoms with Crippen LogP contribution in [0.3, 0.4) is 0 Å². The Morgan fingerprint density at radius 3 is 0.222 bits per heavy atom. The van der Waals surface area contributed by atoms with E-state index in [4.69, 9.17) is 0 Å². The molecule has 0 aliphatic heterocycles. The van der Waals surface area contributed by atoms with E-state index < -0.39 is 0 Å². The van der Waals surface area contributed by atoms with E-state index in [-0.39, 0.29) is 97.4 Å². The third-order valence-corrected chi connectivity index (χ3v) is 0. The molecule has 0 aliphatic carbocycles. The van der Waals surface area contributed by atoms with Crippen LogP contribution in [0.5, 0.6) is 0 Å². The van der Waals surface area contributed by atoms with Gasteiger partial charge in [0.15, 0.2) is 0 Å². The van der Waals surface area contributed by atoms with Crippen molar-refractivity contribution in [2.75, 3.05) is 0 Å². The van der Waals surface area contributed by atoms with Gasteiger partial charge in [-0.2, -0.15) is 0 Å². The van der Waals surface area contributed by atoms with Gasteiger partial charge in [0.2, 0.25) is 0 Å². The van der Waals surface area contributed by atoms with Crippen LogP contribution in [0.15, 0.2) is 0 Å². The summed E-state index contributed by atoms with van der Waals surface area (Å²) in [7, 11) is 0. The summed E-state index contributed by atoms with van der Waals surface area (Å²) < 4.78 is 0. The smallest absolute Gasteiger partial charge is 0 e. The minimum atomic E-state index is 0. The van der Waals surface area contributed by atoms with Gasteiger partial charge in [-0.3, -0.25) is 0 Å². The Kier molecular flexibility index (Phi) is 9500. The molecule has 0 atom stereocenters. The fourth-order valence-electron chi connectivity index (χ4n) is 0. The molecule has 0 aliphatic rings. The van der Waals surface area contributed by atoms with E-state index >= 15 is 0 Å². The van der Waals surface area contributed by atoms with Crippen molar-refractivity contribution in [1.29, 1.82) is 0 Å². The third kappa shape index (κ3) is 196. The third-order valence-electron chi connectivity index (χ3n) is 0. The molecule has 0 bridgehead atoms. The topological polar surface area (TPSA) is 220 Å². The Labute approximate surface area is 96.6 Å². The first-order valence-corrected chi connectivity index (χ1v) is 0. The molecule has 7 nitrogen and oxygen atoms in total. The summed E-state index contributed by atoms with van der Waals surface area (Å²) in [5.41, 5.74) is 0. The molecule has 0 rings (SSSR count). The Balaban J connectivity index is 0. The van der Waals surface area contributed by atoms with E-state index in [1.807, 2.05) is 0 Å². The predicted octanol–water partition coefficient (Wildman–Crippen LogP) is -6.53. The molecule has 0 unspecified atom stereocenters. The second-order valence-electron chi connectivity index (χ2n) is 0. The Morgan fingerprint density at radius 1 is 0.222 bits per heavy atom. The number of hydrogen-bond donors (Lipinski definition) is 0. The maximum absolute atomic E-state index is 0. The largest absolute Gasteiger partial charge is 0.412 e. The summed E-state index contributed by atoms with van der Waals surface area (Å²) >= 11 is 0. The van der Waals surface area contributed by atoms with E-state index in [1.165, 1.54) is 0 Å². The van der Waals surface area contributed by atoms with E-state index in [2.05, 4.69) is 0 Å². The zero-order chi connectivity index (χ0) is 0. The van der Waals surface area contributed by atoms with Gasteiger partial charge in [-0.05, 0) is 0 Å². The molecular formula is H14Na2O7. The zero-order valence-corrected chi connectivity index (χ0v) is 9.50. The van der Waals surface area contributed by atoms with Crippen molar-refractivity contribution in [2.45, 2.75) is 0 Å². The zero-order valence-electron chi connectivity index (χ0n) is 5.50. The second-order valence-corrected chi connectivity index (χ2v) is 0. The van der Waals surface area contributed by atoms with E-state index in [1.54, 1.807) is 0 Å². The normalized spacial score (nSPS) is 0. The van der Waals surface area contributed by atoms with E-state index in [9.17, 15) is 0 Å². The molecule has 0 aromatic rings. The van der Waals surface area contributed by atoms with Crippen LogP contribution in [0.2, 0.25) is 0 Å². The summed E-state index contributed by atoms with van der Waals surface area (Å²) in [5, 5.41) is 0. The van der Waals surface area contributed by atoms with Gasteiger partial charge < -0.3 is 38.3 Å². The number of rotatable bonds is 0. The van der Waals surface area contributed by atoms with Gasteiger partial charge in [0.1, 0.15) is 0 Å². The first-order chi connectivity index (χ1) is 0. The fourth-order valence-corrected chi connectivity index (χ4v) is 0. The molecule has 0 fully saturated rings. The molecule has 0 saturated heterocycles. The van der Waals surface area contributed by atoms with Crippen LogP contribution in [0.1, 0.15) is 0 Å². The molecule has 0 aromatic carbocycles. The van der Waals surface area contributed by atoms with E-state index in [0.717, 1.165) is 0 Å². The molecule has 0 amide bonds. The van der Waals surface area contributed by atoms with Crippen molar-refractivity contribution in [3.63, 3.8) is 0 Å². The van der Waals surface area contributed by atoms with Crippen LogP contribution in [-0.2, 0) is 0 Å². The van der Waals surface area contributed by atoms with E-state index in [0.29, 0.717) is 0 Å². The van der Waals surface area contributed by atoms with Crippen LogP contribution in [-0.4, -0.2) is 97.4 Å². The minimum Gasteiger partial charge on any atom is -0.412 e. The van der Waals surface area contributed by atoms with Crippen molar-refractivity contribution in [1.82, 2.24) is 0 Å². The van der Waals surface area contributed by atoms with Gasteiger partial charge >= 0.3 is 0 Å². The van der Waals surface area contributed by atoms with Gasteiger partial charge in [-0.1, -0.05) is 0 Å². The summed E-state index contributed by atoms with van der Waals surface area (Å²) in [6.07, 6.45) is 0. The molecule has 0 heterocycles. The maximum atomic E-state index is 0. The van der Waals surface area contributed by atoms with Crippen LogP contribution in [0.4, 0.5) is 0 Å². The summed E-state index contributed by atoms with van der Waals surface area (Å²) in [5.74, 6) is 0. The van der Waals surface area contributed by atoms with Gasteiger partial charge in [0, 0.05) is 59.1 Å². The Bertz CT molecular complexity index is 6.88. The van der Waals surface area contributed by atoms with Gasteiger partial charge in [-0.15, -0.1) is 0 Å². The summed E-state index contributed by atoms with van der Waals surface area (Å²) in [6.45, 7) is 0. The molecule has 0 saturated carbocycles. The van der Waals surface area contributed by atoms with Gasteiger partial charge in [0.05, 0.1) is 0 Å². The average Bonchev–Trinajstić information content (AvgIpc) is 0. The van der Waals surface area contributed by atoms with Crippen LogP contribution >= 0.6 is 0 Å². The molecule has 0 aromatic heterocycles. The minimum absolute atomic E-state index is 0. The van der Waals surface area contributed by atoms with Crippen LogP contribution in [0.25, 0.3) is 0 Å². The standard InChI is InChI=1S/2Na.7H2O/h;;7*1H2. The molecule has 58 valence electrons. The molecule has 9 heteroatoms. The van der Waals surface area contributed by atoms with Crippen LogP contribution < -0.4 is 0 Å². The predicted molar refractivity (Wildman–Crippen MR) is 36.8 cm³/mol. The van der Waals surface area contributed by atoms with Crippen molar-refractivity contribution in [2.24, 2.45) is 0 Å². The quantitative estimate of drug-likeness (QED) is 0.310. The van der Waals surface area contributed by atoms with Gasteiger partial charge in [0.25, 0.3) is 0 Å². The molecule has 2 radical (unpaired) electrons.